The molecule has 0 saturated heterocycles. The number of thiazole rings is 2. The van der Waals surface area contributed by atoms with Crippen LogP contribution in [0.15, 0.2) is 146 Å². The van der Waals surface area contributed by atoms with Crippen molar-refractivity contribution >= 4 is 43.1 Å². The maximum absolute atomic E-state index is 9.99. The largest absolute Gasteiger partial charge is 0.507 e. The van der Waals surface area contributed by atoms with E-state index in [1.165, 1.54) is 22.3 Å². The minimum absolute atomic E-state index is 0. The second kappa shape index (κ2) is 13.5. The predicted octanol–water partition coefficient (Wildman–Crippen LogP) is 10.7. The maximum atomic E-state index is 9.99. The Morgan fingerprint density at radius 3 is 1.18 bits per heavy atom. The first-order valence-electron chi connectivity index (χ1n) is 14.1. The number of aromatic hydroxyl groups is 2. The second-order valence-electron chi connectivity index (χ2n) is 10.2. The molecule has 0 atom stereocenters. The number of para-hydroxylation sites is 2. The quantitative estimate of drug-likeness (QED) is 0.183. The molecule has 2 N–H and O–H groups in total. The first-order valence-corrected chi connectivity index (χ1v) is 15.7. The zero-order chi connectivity index (χ0) is 29.9. The van der Waals surface area contributed by atoms with Gasteiger partial charge in [-0.3, -0.25) is 0 Å². The Morgan fingerprint density at radius 2 is 0.778 bits per heavy atom. The van der Waals surface area contributed by atoms with E-state index < -0.39 is 0 Å². The zero-order valence-electron chi connectivity index (χ0n) is 24.2. The molecule has 8 rings (SSSR count). The van der Waals surface area contributed by atoms with Crippen LogP contribution in [0.3, 0.4) is 0 Å². The third-order valence-corrected chi connectivity index (χ3v) is 9.36. The van der Waals surface area contributed by atoms with E-state index in [-0.39, 0.29) is 31.0 Å². The zero-order valence-corrected chi connectivity index (χ0v) is 28.8. The van der Waals surface area contributed by atoms with Gasteiger partial charge in [0.15, 0.2) is 0 Å². The first-order chi connectivity index (χ1) is 21.6. The molecule has 0 unspecified atom stereocenters. The Labute approximate surface area is 281 Å². The smallest absolute Gasteiger partial charge is 0.128 e. The molecular weight excluding hydrogens is 646 g/mol. The Hall–Kier alpha value is -4.68. The van der Waals surface area contributed by atoms with Crippen LogP contribution in [0.25, 0.3) is 63.8 Å². The van der Waals surface area contributed by atoms with E-state index in [1.54, 1.807) is 34.8 Å². The van der Waals surface area contributed by atoms with E-state index in [0.717, 1.165) is 41.6 Å². The average Bonchev–Trinajstić information content (AvgIpc) is 3.70. The van der Waals surface area contributed by atoms with Crippen LogP contribution < -0.4 is 0 Å². The van der Waals surface area contributed by atoms with Gasteiger partial charge in [-0.25, -0.2) is 9.97 Å². The van der Waals surface area contributed by atoms with Crippen LogP contribution in [0.2, 0.25) is 0 Å². The van der Waals surface area contributed by atoms with Crippen molar-refractivity contribution in [2.45, 2.75) is 0 Å². The Morgan fingerprint density at radius 1 is 0.400 bits per heavy atom. The molecule has 0 fully saturated rings. The Kier molecular flexibility index (Phi) is 9.13. The molecule has 7 heteroatoms. The predicted molar refractivity (Wildman–Crippen MR) is 184 cm³/mol. The van der Waals surface area contributed by atoms with Gasteiger partial charge in [0, 0.05) is 19.5 Å². The minimum atomic E-state index is 0. The molecule has 4 nitrogen and oxygen atoms in total. The Bertz CT molecular complexity index is 2050. The fourth-order valence-corrected chi connectivity index (χ4v) is 7.09. The molecule has 0 spiro atoms. The number of rotatable bonds is 4. The third kappa shape index (κ3) is 6.57. The van der Waals surface area contributed by atoms with E-state index in [4.69, 9.17) is 0 Å². The van der Waals surface area contributed by atoms with Crippen molar-refractivity contribution in [3.63, 3.8) is 0 Å². The van der Waals surface area contributed by atoms with Crippen molar-refractivity contribution in [2.24, 2.45) is 0 Å². The summed E-state index contributed by atoms with van der Waals surface area (Å²) in [4.78, 5) is 9.27. The van der Waals surface area contributed by atoms with Crippen LogP contribution >= 0.6 is 22.7 Å². The SMILES string of the molecule is Oc1ccccc1-c1nc2ccc(-c3ccccc3)cc2s1.Oc1ccccc1-c1nc2ccc(-c3ccccc3)cc2s1.[Zn]. The number of fused-ring (bicyclic) bond motifs is 2. The van der Waals surface area contributed by atoms with Crippen LogP contribution in [0.5, 0.6) is 11.5 Å². The molecule has 0 aliphatic heterocycles. The van der Waals surface area contributed by atoms with Crippen LogP contribution in [0.4, 0.5) is 0 Å². The van der Waals surface area contributed by atoms with Crippen LogP contribution in [0.1, 0.15) is 0 Å². The fourth-order valence-electron chi connectivity index (χ4n) is 5.01. The van der Waals surface area contributed by atoms with Gasteiger partial charge in [-0.05, 0) is 70.8 Å². The van der Waals surface area contributed by atoms with Gasteiger partial charge in [0.2, 0.25) is 0 Å². The number of nitrogens with zero attached hydrogens (tertiary/aromatic N) is 2. The van der Waals surface area contributed by atoms with Crippen molar-refractivity contribution < 1.29 is 29.7 Å². The summed E-state index contributed by atoms with van der Waals surface area (Å²) in [6, 6.07) is 47.8. The molecule has 0 aliphatic rings. The summed E-state index contributed by atoms with van der Waals surface area (Å²) in [6.45, 7) is 0. The van der Waals surface area contributed by atoms with Gasteiger partial charge in [-0.1, -0.05) is 97.1 Å². The summed E-state index contributed by atoms with van der Waals surface area (Å²) in [5.74, 6) is 0.537. The van der Waals surface area contributed by atoms with E-state index in [2.05, 4.69) is 58.5 Å². The molecule has 0 amide bonds. The first kappa shape index (κ1) is 30.4. The summed E-state index contributed by atoms with van der Waals surface area (Å²) < 4.78 is 2.25. The molecule has 0 aliphatic carbocycles. The summed E-state index contributed by atoms with van der Waals surface area (Å²) in [5, 5.41) is 21.7. The molecule has 0 radical (unpaired) electrons. The molecule has 214 valence electrons. The number of benzene rings is 6. The summed E-state index contributed by atoms with van der Waals surface area (Å²) in [6.07, 6.45) is 0. The summed E-state index contributed by atoms with van der Waals surface area (Å²) in [7, 11) is 0. The van der Waals surface area contributed by atoms with Crippen molar-refractivity contribution in [2.75, 3.05) is 0 Å². The number of phenols is 2. The minimum Gasteiger partial charge on any atom is -0.507 e. The van der Waals surface area contributed by atoms with Crippen molar-refractivity contribution in [1.29, 1.82) is 0 Å². The topological polar surface area (TPSA) is 66.2 Å². The molecule has 0 bridgehead atoms. The second-order valence-corrected chi connectivity index (χ2v) is 12.2. The third-order valence-electron chi connectivity index (χ3n) is 7.26. The molecule has 45 heavy (non-hydrogen) atoms. The van der Waals surface area contributed by atoms with Crippen molar-refractivity contribution in [1.82, 2.24) is 9.97 Å². The van der Waals surface area contributed by atoms with E-state index in [0.29, 0.717) is 0 Å². The van der Waals surface area contributed by atoms with Crippen molar-refractivity contribution in [3.8, 4) is 54.9 Å². The fraction of sp³-hybridized carbons (Fsp3) is 0. The van der Waals surface area contributed by atoms with Crippen LogP contribution in [-0.4, -0.2) is 20.2 Å². The van der Waals surface area contributed by atoms with Gasteiger partial charge in [0.25, 0.3) is 0 Å². The Balaban J connectivity index is 0.000000155. The van der Waals surface area contributed by atoms with E-state index in [1.807, 2.05) is 84.9 Å². The summed E-state index contributed by atoms with van der Waals surface area (Å²) >= 11 is 3.20. The maximum Gasteiger partial charge on any atom is 0.128 e. The number of aromatic nitrogens is 2. The monoisotopic (exact) mass is 670 g/mol. The normalized spacial score (nSPS) is 10.7. The van der Waals surface area contributed by atoms with Gasteiger partial charge in [0.1, 0.15) is 21.5 Å². The van der Waals surface area contributed by atoms with Crippen LogP contribution in [0, 0.1) is 0 Å². The van der Waals surface area contributed by atoms with Gasteiger partial charge >= 0.3 is 0 Å². The van der Waals surface area contributed by atoms with Gasteiger partial charge in [0.05, 0.1) is 31.6 Å². The van der Waals surface area contributed by atoms with Crippen LogP contribution in [-0.2, 0) is 19.5 Å². The molecule has 0 saturated carbocycles. The van der Waals surface area contributed by atoms with Crippen molar-refractivity contribution in [3.05, 3.63) is 146 Å². The van der Waals surface area contributed by atoms with Gasteiger partial charge in [-0.15, -0.1) is 22.7 Å². The van der Waals surface area contributed by atoms with E-state index >= 15 is 0 Å². The molecular formula is C38H26N2O2S2Zn. The average molecular weight is 672 g/mol. The van der Waals surface area contributed by atoms with E-state index in [9.17, 15) is 10.2 Å². The molecule has 6 aromatic carbocycles. The number of phenolic OH excluding ortho intramolecular Hbond substituents is 2. The molecule has 2 aromatic heterocycles. The molecule has 2 heterocycles. The van der Waals surface area contributed by atoms with Gasteiger partial charge in [-0.2, -0.15) is 0 Å². The molecule has 8 aromatic rings. The number of hydrogen-bond acceptors (Lipinski definition) is 6. The van der Waals surface area contributed by atoms with Gasteiger partial charge < -0.3 is 10.2 Å². The number of hydrogen-bond donors (Lipinski definition) is 2. The standard InChI is InChI=1S/2C19H13NOS.Zn/c2*21-17-9-5-4-8-15(17)19-20-16-11-10-14(12-18(16)22-19)13-6-2-1-3-7-13;/h2*1-12,21H;. The summed E-state index contributed by atoms with van der Waals surface area (Å²) in [5.41, 5.74) is 8.24.